The third-order valence-corrected chi connectivity index (χ3v) is 3.81. The summed E-state index contributed by atoms with van der Waals surface area (Å²) in [5.41, 5.74) is 0.445. The molecule has 160 valence electrons. The maximum absolute atomic E-state index is 13.6. The normalized spacial score (nSPS) is 12.0. The number of anilines is 1. The highest BCUT2D eigenvalue weighted by atomic mass is 19.1. The fraction of sp³-hybridized carbons (Fsp3) is 0.273. The molecule has 0 heterocycles. The van der Waals surface area contributed by atoms with Crippen LogP contribution in [-0.4, -0.2) is 31.2 Å². The number of benzene rings is 2. The molecule has 1 N–H and O–H groups in total. The molecule has 0 spiro atoms. The minimum Gasteiger partial charge on any atom is -0.493 e. The van der Waals surface area contributed by atoms with Gasteiger partial charge in [-0.3, -0.25) is 4.79 Å². The number of amides is 1. The SMILES string of the molecule is COc1cc(/C=C/C(=O)O[C@@H](C)C(=O)Nc2ccc(F)cc2F)ccc1OC(C)C. The Kier molecular flexibility index (Phi) is 7.91. The summed E-state index contributed by atoms with van der Waals surface area (Å²) in [7, 11) is 1.51. The van der Waals surface area contributed by atoms with E-state index in [0.29, 0.717) is 23.1 Å². The monoisotopic (exact) mass is 419 g/mol. The zero-order valence-corrected chi connectivity index (χ0v) is 17.1. The van der Waals surface area contributed by atoms with Crippen molar-refractivity contribution in [3.05, 3.63) is 59.7 Å². The van der Waals surface area contributed by atoms with Crippen molar-refractivity contribution in [1.82, 2.24) is 0 Å². The first-order valence-electron chi connectivity index (χ1n) is 9.19. The van der Waals surface area contributed by atoms with Gasteiger partial charge in [0.25, 0.3) is 5.91 Å². The van der Waals surface area contributed by atoms with E-state index in [2.05, 4.69) is 5.32 Å². The lowest BCUT2D eigenvalue weighted by Crippen LogP contribution is -2.29. The average Bonchev–Trinajstić information content (AvgIpc) is 2.68. The van der Waals surface area contributed by atoms with E-state index in [1.807, 2.05) is 13.8 Å². The van der Waals surface area contributed by atoms with Crippen LogP contribution < -0.4 is 14.8 Å². The quantitative estimate of drug-likeness (QED) is 0.509. The van der Waals surface area contributed by atoms with Gasteiger partial charge in [0.05, 0.1) is 18.9 Å². The molecule has 1 amide bonds. The highest BCUT2D eigenvalue weighted by molar-refractivity contribution is 5.96. The Bertz CT molecular complexity index is 943. The Morgan fingerprint density at radius 1 is 1.03 bits per heavy atom. The number of methoxy groups -OCH3 is 1. The molecular weight excluding hydrogens is 396 g/mol. The molecule has 0 aromatic heterocycles. The van der Waals surface area contributed by atoms with E-state index in [1.54, 1.807) is 18.2 Å². The summed E-state index contributed by atoms with van der Waals surface area (Å²) in [6.07, 6.45) is 1.43. The lowest BCUT2D eigenvalue weighted by molar-refractivity contribution is -0.148. The number of hydrogen-bond acceptors (Lipinski definition) is 5. The topological polar surface area (TPSA) is 73.9 Å². The highest BCUT2D eigenvalue weighted by Crippen LogP contribution is 2.29. The van der Waals surface area contributed by atoms with Crippen LogP contribution in [-0.2, 0) is 14.3 Å². The van der Waals surface area contributed by atoms with Gasteiger partial charge in [0.15, 0.2) is 17.6 Å². The number of nitrogens with one attached hydrogen (secondary N) is 1. The lowest BCUT2D eigenvalue weighted by Gasteiger charge is -2.14. The first-order chi connectivity index (χ1) is 14.2. The van der Waals surface area contributed by atoms with Gasteiger partial charge < -0.3 is 19.5 Å². The molecule has 30 heavy (non-hydrogen) atoms. The molecule has 0 aliphatic heterocycles. The molecule has 0 unspecified atom stereocenters. The maximum atomic E-state index is 13.6. The van der Waals surface area contributed by atoms with Crippen LogP contribution in [0, 0.1) is 11.6 Å². The van der Waals surface area contributed by atoms with Crippen LogP contribution in [0.1, 0.15) is 26.3 Å². The van der Waals surface area contributed by atoms with Gasteiger partial charge in [0.2, 0.25) is 0 Å². The number of carbonyl (C=O) groups excluding carboxylic acids is 2. The molecule has 0 radical (unpaired) electrons. The molecule has 2 aromatic rings. The molecule has 8 heteroatoms. The third-order valence-electron chi connectivity index (χ3n) is 3.81. The summed E-state index contributed by atoms with van der Waals surface area (Å²) in [6, 6.07) is 7.87. The lowest BCUT2D eigenvalue weighted by atomic mass is 10.2. The second kappa shape index (κ2) is 10.4. The van der Waals surface area contributed by atoms with Crippen molar-refractivity contribution in [1.29, 1.82) is 0 Å². The van der Waals surface area contributed by atoms with Gasteiger partial charge >= 0.3 is 5.97 Å². The fourth-order valence-corrected chi connectivity index (χ4v) is 2.40. The number of rotatable bonds is 8. The van der Waals surface area contributed by atoms with E-state index in [0.717, 1.165) is 18.2 Å². The van der Waals surface area contributed by atoms with Crippen molar-refractivity contribution in [2.45, 2.75) is 33.0 Å². The van der Waals surface area contributed by atoms with E-state index < -0.39 is 29.6 Å². The van der Waals surface area contributed by atoms with E-state index in [4.69, 9.17) is 14.2 Å². The summed E-state index contributed by atoms with van der Waals surface area (Å²) in [6.45, 7) is 5.12. The van der Waals surface area contributed by atoms with Gasteiger partial charge in [-0.15, -0.1) is 0 Å². The third kappa shape index (κ3) is 6.58. The number of esters is 1. The fourth-order valence-electron chi connectivity index (χ4n) is 2.40. The number of ether oxygens (including phenoxy) is 3. The number of carbonyl (C=O) groups is 2. The molecule has 0 saturated carbocycles. The summed E-state index contributed by atoms with van der Waals surface area (Å²) in [5.74, 6) is -2.13. The standard InChI is InChI=1S/C22H23F2NO5/c1-13(2)29-19-9-5-15(11-20(19)28-4)6-10-21(26)30-14(3)22(27)25-18-8-7-16(23)12-17(18)24/h5-14H,1-4H3,(H,25,27)/b10-6+/t14-/m0/s1. The van der Waals surface area contributed by atoms with Gasteiger partial charge in [-0.1, -0.05) is 6.07 Å². The molecule has 2 aromatic carbocycles. The summed E-state index contributed by atoms with van der Waals surface area (Å²) in [5, 5.41) is 2.24. The number of hydrogen-bond donors (Lipinski definition) is 1. The molecular formula is C22H23F2NO5. The van der Waals surface area contributed by atoms with E-state index in [1.165, 1.54) is 20.1 Å². The van der Waals surface area contributed by atoms with Crippen LogP contribution in [0.5, 0.6) is 11.5 Å². The van der Waals surface area contributed by atoms with E-state index in [-0.39, 0.29) is 11.8 Å². The van der Waals surface area contributed by atoms with Crippen molar-refractivity contribution in [2.24, 2.45) is 0 Å². The van der Waals surface area contributed by atoms with Gasteiger partial charge in [0.1, 0.15) is 11.6 Å². The van der Waals surface area contributed by atoms with Crippen molar-refractivity contribution in [3.8, 4) is 11.5 Å². The highest BCUT2D eigenvalue weighted by Gasteiger charge is 2.18. The van der Waals surface area contributed by atoms with Crippen molar-refractivity contribution >= 4 is 23.6 Å². The second-order valence-corrected chi connectivity index (χ2v) is 6.60. The maximum Gasteiger partial charge on any atom is 0.331 e. The second-order valence-electron chi connectivity index (χ2n) is 6.60. The zero-order valence-electron chi connectivity index (χ0n) is 17.1. The van der Waals surface area contributed by atoms with Gasteiger partial charge in [-0.2, -0.15) is 0 Å². The zero-order chi connectivity index (χ0) is 22.3. The predicted octanol–water partition coefficient (Wildman–Crippen LogP) is 4.34. The van der Waals surface area contributed by atoms with Crippen LogP contribution in [0.15, 0.2) is 42.5 Å². The molecule has 0 bridgehead atoms. The van der Waals surface area contributed by atoms with Crippen LogP contribution in [0.4, 0.5) is 14.5 Å². The largest absolute Gasteiger partial charge is 0.493 e. The van der Waals surface area contributed by atoms with E-state index in [9.17, 15) is 18.4 Å². The van der Waals surface area contributed by atoms with Gasteiger partial charge in [-0.05, 0) is 56.7 Å². The summed E-state index contributed by atoms with van der Waals surface area (Å²) in [4.78, 5) is 24.1. The smallest absolute Gasteiger partial charge is 0.331 e. The molecule has 0 fully saturated rings. The molecule has 0 aliphatic carbocycles. The number of halogens is 2. The minimum absolute atomic E-state index is 0.0220. The average molecular weight is 419 g/mol. The van der Waals surface area contributed by atoms with Crippen LogP contribution >= 0.6 is 0 Å². The minimum atomic E-state index is -1.19. The molecule has 1 atom stereocenters. The Morgan fingerprint density at radius 2 is 1.77 bits per heavy atom. The molecule has 6 nitrogen and oxygen atoms in total. The Hall–Kier alpha value is -3.42. The Balaban J connectivity index is 1.97. The Labute approximate surface area is 173 Å². The molecule has 2 rings (SSSR count). The van der Waals surface area contributed by atoms with Crippen molar-refractivity contribution < 1.29 is 32.6 Å². The van der Waals surface area contributed by atoms with Crippen LogP contribution in [0.3, 0.4) is 0 Å². The van der Waals surface area contributed by atoms with Crippen LogP contribution in [0.25, 0.3) is 6.08 Å². The summed E-state index contributed by atoms with van der Waals surface area (Å²) >= 11 is 0. The molecule has 0 saturated heterocycles. The predicted molar refractivity (Wildman–Crippen MR) is 108 cm³/mol. The van der Waals surface area contributed by atoms with Gasteiger partial charge in [0, 0.05) is 12.1 Å². The van der Waals surface area contributed by atoms with E-state index >= 15 is 0 Å². The van der Waals surface area contributed by atoms with Crippen molar-refractivity contribution in [3.63, 3.8) is 0 Å². The Morgan fingerprint density at radius 3 is 2.40 bits per heavy atom. The summed E-state index contributed by atoms with van der Waals surface area (Å²) < 4.78 is 42.5. The van der Waals surface area contributed by atoms with Crippen molar-refractivity contribution in [2.75, 3.05) is 12.4 Å². The molecule has 0 aliphatic rings. The first-order valence-corrected chi connectivity index (χ1v) is 9.19. The van der Waals surface area contributed by atoms with Crippen LogP contribution in [0.2, 0.25) is 0 Å². The van der Waals surface area contributed by atoms with Gasteiger partial charge in [-0.25, -0.2) is 13.6 Å². The first kappa shape index (κ1) is 22.9.